The molecule has 6 nitrogen and oxygen atoms in total. The van der Waals surface area contributed by atoms with Crippen LogP contribution in [0.25, 0.3) is 0 Å². The highest BCUT2D eigenvalue weighted by Gasteiger charge is 2.58. The Kier molecular flexibility index (Phi) is 2.41. The third kappa shape index (κ3) is 1.31. The summed E-state index contributed by atoms with van der Waals surface area (Å²) in [5.74, 6) is -0.650. The van der Waals surface area contributed by atoms with E-state index in [4.69, 9.17) is 15.2 Å². The van der Waals surface area contributed by atoms with Gasteiger partial charge in [-0.1, -0.05) is 0 Å². The predicted molar refractivity (Wildman–Crippen MR) is 47.5 cm³/mol. The number of ether oxygens (including phenoxy) is 2. The molecule has 1 heterocycles. The van der Waals surface area contributed by atoms with Gasteiger partial charge in [-0.2, -0.15) is 0 Å². The average molecular weight is 202 g/mol. The van der Waals surface area contributed by atoms with E-state index in [1.54, 1.807) is 6.92 Å². The van der Waals surface area contributed by atoms with E-state index in [-0.39, 0.29) is 6.61 Å². The van der Waals surface area contributed by atoms with Gasteiger partial charge in [0.2, 0.25) is 5.91 Å². The molecule has 0 bridgehead atoms. The Bertz CT molecular complexity index is 281. The molecular weight excluding hydrogens is 188 g/mol. The zero-order valence-electron chi connectivity index (χ0n) is 8.42. The van der Waals surface area contributed by atoms with Crippen molar-refractivity contribution in [2.75, 3.05) is 13.7 Å². The molecule has 0 saturated carbocycles. The molecule has 0 radical (unpaired) electrons. The van der Waals surface area contributed by atoms with E-state index in [1.165, 1.54) is 14.0 Å². The minimum Gasteiger partial charge on any atom is -0.438 e. The first-order chi connectivity index (χ1) is 6.35. The van der Waals surface area contributed by atoms with Crippen molar-refractivity contribution in [3.05, 3.63) is 0 Å². The Morgan fingerprint density at radius 2 is 2.21 bits per heavy atom. The van der Waals surface area contributed by atoms with Crippen molar-refractivity contribution in [2.24, 2.45) is 5.73 Å². The number of methoxy groups -OCH3 is 1. The topological polar surface area (TPSA) is 90.7 Å². The Balaban J connectivity index is 3.03. The maximum atomic E-state index is 11.2. The average Bonchev–Trinajstić information content (AvgIpc) is 2.24. The number of carbonyl (C=O) groups excluding carboxylic acids is 2. The summed E-state index contributed by atoms with van der Waals surface area (Å²) in [5, 5.41) is 2.39. The number of amides is 2. The van der Waals surface area contributed by atoms with Gasteiger partial charge in [-0.15, -0.1) is 0 Å². The molecule has 2 amide bonds. The summed E-state index contributed by atoms with van der Waals surface area (Å²) in [6.07, 6.45) is -0.661. The highest BCUT2D eigenvalue weighted by Crippen LogP contribution is 2.31. The molecule has 1 fully saturated rings. The first-order valence-corrected chi connectivity index (χ1v) is 4.16. The van der Waals surface area contributed by atoms with Crippen LogP contribution >= 0.6 is 0 Å². The lowest BCUT2D eigenvalue weighted by Crippen LogP contribution is -2.63. The lowest BCUT2D eigenvalue weighted by atomic mass is 9.83. The predicted octanol–water partition coefficient (Wildman–Crippen LogP) is -0.625. The second-order valence-corrected chi connectivity index (χ2v) is 3.67. The van der Waals surface area contributed by atoms with Gasteiger partial charge in [0, 0.05) is 7.11 Å². The summed E-state index contributed by atoms with van der Waals surface area (Å²) in [5.41, 5.74) is 2.91. The Morgan fingerprint density at radius 1 is 1.64 bits per heavy atom. The summed E-state index contributed by atoms with van der Waals surface area (Å²) >= 11 is 0. The van der Waals surface area contributed by atoms with Crippen molar-refractivity contribution in [3.63, 3.8) is 0 Å². The monoisotopic (exact) mass is 202 g/mol. The quantitative estimate of drug-likeness (QED) is 0.637. The normalized spacial score (nSPS) is 36.4. The van der Waals surface area contributed by atoms with Crippen LogP contribution in [0.15, 0.2) is 0 Å². The van der Waals surface area contributed by atoms with Crippen molar-refractivity contribution >= 4 is 12.0 Å². The van der Waals surface area contributed by atoms with Crippen LogP contribution in [0, 0.1) is 0 Å². The van der Waals surface area contributed by atoms with Crippen molar-refractivity contribution < 1.29 is 19.1 Å². The number of alkyl carbamates (subject to hydrolysis) is 1. The highest BCUT2D eigenvalue weighted by atomic mass is 16.6. The van der Waals surface area contributed by atoms with Crippen molar-refractivity contribution in [1.82, 2.24) is 5.32 Å². The molecule has 80 valence electrons. The molecule has 0 aliphatic carbocycles. The SMILES string of the molecule is COCC1(C)OC(=O)NC1(C)C(N)=O. The van der Waals surface area contributed by atoms with Crippen LogP contribution in [-0.2, 0) is 14.3 Å². The van der Waals surface area contributed by atoms with Gasteiger partial charge in [0.1, 0.15) is 0 Å². The first-order valence-electron chi connectivity index (χ1n) is 4.16. The van der Waals surface area contributed by atoms with E-state index >= 15 is 0 Å². The van der Waals surface area contributed by atoms with Crippen molar-refractivity contribution in [2.45, 2.75) is 25.0 Å². The Hall–Kier alpha value is -1.30. The molecule has 2 atom stereocenters. The third-order valence-corrected chi connectivity index (χ3v) is 2.64. The van der Waals surface area contributed by atoms with Crippen molar-refractivity contribution in [1.29, 1.82) is 0 Å². The van der Waals surface area contributed by atoms with Crippen molar-refractivity contribution in [3.8, 4) is 0 Å². The maximum Gasteiger partial charge on any atom is 0.408 e. The molecule has 1 saturated heterocycles. The van der Waals surface area contributed by atoms with Crippen LogP contribution in [0.4, 0.5) is 4.79 Å². The highest BCUT2D eigenvalue weighted by molar-refractivity contribution is 5.92. The second kappa shape index (κ2) is 3.13. The van der Waals surface area contributed by atoms with Gasteiger partial charge in [0.05, 0.1) is 6.61 Å². The standard InChI is InChI=1S/C8H14N2O4/c1-7(4-13-3)8(2,5(9)11)10-6(12)14-7/h4H2,1-3H3,(H2,9,11)(H,10,12). The van der Waals surface area contributed by atoms with Crippen LogP contribution in [0.3, 0.4) is 0 Å². The number of nitrogens with two attached hydrogens (primary N) is 1. The molecule has 2 unspecified atom stereocenters. The fourth-order valence-electron chi connectivity index (χ4n) is 1.44. The second-order valence-electron chi connectivity index (χ2n) is 3.67. The maximum absolute atomic E-state index is 11.2. The van der Waals surface area contributed by atoms with Crippen LogP contribution < -0.4 is 11.1 Å². The lowest BCUT2D eigenvalue weighted by molar-refractivity contribution is -0.131. The van der Waals surface area contributed by atoms with E-state index in [2.05, 4.69) is 5.32 Å². The summed E-state index contributed by atoms with van der Waals surface area (Å²) in [6.45, 7) is 3.21. The lowest BCUT2D eigenvalue weighted by Gasteiger charge is -2.33. The molecule has 1 aliphatic rings. The molecule has 0 aromatic carbocycles. The van der Waals surface area contributed by atoms with E-state index < -0.39 is 23.1 Å². The van der Waals surface area contributed by atoms with E-state index in [0.717, 1.165) is 0 Å². The molecule has 0 spiro atoms. The van der Waals surface area contributed by atoms with Gasteiger partial charge < -0.3 is 20.5 Å². The molecule has 0 aromatic rings. The van der Waals surface area contributed by atoms with Gasteiger partial charge in [-0.25, -0.2) is 4.79 Å². The molecule has 14 heavy (non-hydrogen) atoms. The number of hydrogen-bond acceptors (Lipinski definition) is 4. The molecule has 1 aliphatic heterocycles. The summed E-state index contributed by atoms with van der Waals surface area (Å²) in [6, 6.07) is 0. The number of nitrogens with one attached hydrogen (secondary N) is 1. The number of cyclic esters (lactones) is 1. The van der Waals surface area contributed by atoms with Crippen LogP contribution in [-0.4, -0.2) is 36.9 Å². The zero-order valence-corrected chi connectivity index (χ0v) is 8.42. The number of primary amides is 1. The van der Waals surface area contributed by atoms with Gasteiger partial charge in [0.25, 0.3) is 0 Å². The molecule has 3 N–H and O–H groups in total. The number of carbonyl (C=O) groups is 2. The van der Waals surface area contributed by atoms with Crippen LogP contribution in [0.5, 0.6) is 0 Å². The largest absolute Gasteiger partial charge is 0.438 e. The Labute approximate surface area is 81.7 Å². The first kappa shape index (κ1) is 10.8. The van der Waals surface area contributed by atoms with Gasteiger partial charge in [0.15, 0.2) is 11.1 Å². The smallest absolute Gasteiger partial charge is 0.408 e. The number of rotatable bonds is 3. The molecular formula is C8H14N2O4. The molecule has 6 heteroatoms. The van der Waals surface area contributed by atoms with Crippen LogP contribution in [0.2, 0.25) is 0 Å². The number of hydrogen-bond donors (Lipinski definition) is 2. The summed E-state index contributed by atoms with van der Waals surface area (Å²) in [7, 11) is 1.46. The summed E-state index contributed by atoms with van der Waals surface area (Å²) in [4.78, 5) is 22.3. The minimum absolute atomic E-state index is 0.102. The van der Waals surface area contributed by atoms with E-state index in [1.807, 2.05) is 0 Å². The summed E-state index contributed by atoms with van der Waals surface area (Å²) < 4.78 is 9.89. The van der Waals surface area contributed by atoms with Gasteiger partial charge in [-0.3, -0.25) is 4.79 Å². The van der Waals surface area contributed by atoms with E-state index in [0.29, 0.717) is 0 Å². The molecule has 0 aromatic heterocycles. The fraction of sp³-hybridized carbons (Fsp3) is 0.750. The van der Waals surface area contributed by atoms with E-state index in [9.17, 15) is 9.59 Å². The zero-order chi connectivity index (χ0) is 11.0. The fourth-order valence-corrected chi connectivity index (χ4v) is 1.44. The molecule has 1 rings (SSSR count). The minimum atomic E-state index is -1.24. The van der Waals surface area contributed by atoms with Crippen LogP contribution in [0.1, 0.15) is 13.8 Å². The third-order valence-electron chi connectivity index (χ3n) is 2.64. The van der Waals surface area contributed by atoms with Gasteiger partial charge >= 0.3 is 6.09 Å². The Morgan fingerprint density at radius 3 is 2.64 bits per heavy atom. The van der Waals surface area contributed by atoms with Gasteiger partial charge in [-0.05, 0) is 13.8 Å².